The van der Waals surface area contributed by atoms with E-state index in [2.05, 4.69) is 15.0 Å². The van der Waals surface area contributed by atoms with Crippen LogP contribution in [-0.4, -0.2) is 30.1 Å². The molecule has 0 aliphatic rings. The van der Waals surface area contributed by atoms with E-state index < -0.39 is 10.0 Å². The van der Waals surface area contributed by atoms with Gasteiger partial charge in [0.2, 0.25) is 15.9 Å². The van der Waals surface area contributed by atoms with Gasteiger partial charge in [0.1, 0.15) is 12.4 Å². The van der Waals surface area contributed by atoms with Crippen molar-refractivity contribution in [3.05, 3.63) is 54.4 Å². The third kappa shape index (κ3) is 4.02. The molecule has 26 heavy (non-hydrogen) atoms. The van der Waals surface area contributed by atoms with Gasteiger partial charge >= 0.3 is 0 Å². The SMILES string of the molecule is CCc1nc2ccccc2n1CC(=O)Nc1ccccc1NS(C)(=O)=O. The quantitative estimate of drug-likeness (QED) is 0.696. The summed E-state index contributed by atoms with van der Waals surface area (Å²) in [6, 6.07) is 14.3. The van der Waals surface area contributed by atoms with Crippen LogP contribution in [0, 0.1) is 0 Å². The summed E-state index contributed by atoms with van der Waals surface area (Å²) in [6.45, 7) is 2.08. The zero-order valence-electron chi connectivity index (χ0n) is 14.6. The van der Waals surface area contributed by atoms with Crippen LogP contribution in [0.25, 0.3) is 11.0 Å². The number of rotatable bonds is 6. The molecule has 8 heteroatoms. The van der Waals surface area contributed by atoms with Crippen molar-refractivity contribution in [1.29, 1.82) is 0 Å². The van der Waals surface area contributed by atoms with E-state index in [9.17, 15) is 13.2 Å². The molecule has 3 aromatic rings. The third-order valence-corrected chi connectivity index (χ3v) is 4.44. The number of sulfonamides is 1. The summed E-state index contributed by atoms with van der Waals surface area (Å²) in [5.41, 5.74) is 2.47. The second-order valence-corrected chi connectivity index (χ2v) is 7.67. The molecule has 0 radical (unpaired) electrons. The van der Waals surface area contributed by atoms with Crippen molar-refractivity contribution in [3.63, 3.8) is 0 Å². The van der Waals surface area contributed by atoms with Gasteiger partial charge in [-0.3, -0.25) is 9.52 Å². The largest absolute Gasteiger partial charge is 0.323 e. The maximum atomic E-state index is 12.6. The highest BCUT2D eigenvalue weighted by Gasteiger charge is 2.14. The van der Waals surface area contributed by atoms with Crippen LogP contribution in [0.2, 0.25) is 0 Å². The molecule has 0 spiro atoms. The number of aromatic nitrogens is 2. The molecule has 0 atom stereocenters. The number of nitrogens with zero attached hydrogens (tertiary/aromatic N) is 2. The van der Waals surface area contributed by atoms with Crippen molar-refractivity contribution in [1.82, 2.24) is 9.55 Å². The fourth-order valence-electron chi connectivity index (χ4n) is 2.79. The van der Waals surface area contributed by atoms with Gasteiger partial charge in [-0.1, -0.05) is 31.2 Å². The van der Waals surface area contributed by atoms with Gasteiger partial charge in [-0.05, 0) is 24.3 Å². The molecule has 136 valence electrons. The highest BCUT2D eigenvalue weighted by molar-refractivity contribution is 7.92. The molecule has 0 fully saturated rings. The van der Waals surface area contributed by atoms with Crippen molar-refractivity contribution >= 4 is 38.3 Å². The normalized spacial score (nSPS) is 11.5. The zero-order valence-corrected chi connectivity index (χ0v) is 15.4. The van der Waals surface area contributed by atoms with Gasteiger partial charge in [-0.2, -0.15) is 0 Å². The topological polar surface area (TPSA) is 93.1 Å². The molecule has 2 N–H and O–H groups in total. The van der Waals surface area contributed by atoms with Gasteiger partial charge in [0.05, 0.1) is 28.7 Å². The number of imidazole rings is 1. The Labute approximate surface area is 152 Å². The molecule has 2 aromatic carbocycles. The van der Waals surface area contributed by atoms with Crippen LogP contribution in [0.3, 0.4) is 0 Å². The fraction of sp³-hybridized carbons (Fsp3) is 0.222. The third-order valence-electron chi connectivity index (χ3n) is 3.85. The highest BCUT2D eigenvalue weighted by Crippen LogP contribution is 2.22. The highest BCUT2D eigenvalue weighted by atomic mass is 32.2. The average Bonchev–Trinajstić information content (AvgIpc) is 2.93. The summed E-state index contributed by atoms with van der Waals surface area (Å²) < 4.78 is 27.3. The summed E-state index contributed by atoms with van der Waals surface area (Å²) in [5.74, 6) is 0.564. The first-order valence-electron chi connectivity index (χ1n) is 8.18. The number of aryl methyl sites for hydroxylation is 1. The van der Waals surface area contributed by atoms with Crippen LogP contribution < -0.4 is 10.0 Å². The minimum atomic E-state index is -3.44. The lowest BCUT2D eigenvalue weighted by molar-refractivity contribution is -0.116. The van der Waals surface area contributed by atoms with E-state index in [0.29, 0.717) is 17.8 Å². The van der Waals surface area contributed by atoms with Gasteiger partial charge in [-0.15, -0.1) is 0 Å². The molecule has 0 aliphatic carbocycles. The lowest BCUT2D eigenvalue weighted by Crippen LogP contribution is -2.21. The van der Waals surface area contributed by atoms with Crippen molar-refractivity contribution in [2.75, 3.05) is 16.3 Å². The number of anilines is 2. The molecule has 0 bridgehead atoms. The minimum absolute atomic E-state index is 0.0941. The Kier molecular flexibility index (Phi) is 4.94. The van der Waals surface area contributed by atoms with Crippen molar-refractivity contribution in [2.45, 2.75) is 19.9 Å². The molecule has 0 unspecified atom stereocenters. The second-order valence-electron chi connectivity index (χ2n) is 5.92. The molecular formula is C18H20N4O3S. The first-order chi connectivity index (χ1) is 12.4. The molecule has 0 aliphatic heterocycles. The lowest BCUT2D eigenvalue weighted by Gasteiger charge is -2.13. The smallest absolute Gasteiger partial charge is 0.244 e. The number of amides is 1. The maximum absolute atomic E-state index is 12.6. The summed E-state index contributed by atoms with van der Waals surface area (Å²) in [5, 5.41) is 2.77. The maximum Gasteiger partial charge on any atom is 0.244 e. The number of hydrogen-bond acceptors (Lipinski definition) is 4. The Morgan fingerprint density at radius 3 is 2.42 bits per heavy atom. The summed E-state index contributed by atoms with van der Waals surface area (Å²) >= 11 is 0. The summed E-state index contributed by atoms with van der Waals surface area (Å²) in [7, 11) is -3.44. The van der Waals surface area contributed by atoms with E-state index >= 15 is 0 Å². The number of benzene rings is 2. The average molecular weight is 372 g/mol. The zero-order chi connectivity index (χ0) is 18.7. The van der Waals surface area contributed by atoms with Crippen LogP contribution in [0.1, 0.15) is 12.7 Å². The fourth-order valence-corrected chi connectivity index (χ4v) is 3.36. The van der Waals surface area contributed by atoms with E-state index in [1.54, 1.807) is 24.3 Å². The summed E-state index contributed by atoms with van der Waals surface area (Å²) in [6.07, 6.45) is 1.77. The van der Waals surface area contributed by atoms with Crippen LogP contribution >= 0.6 is 0 Å². The standard InChI is InChI=1S/C18H20N4O3S/c1-3-17-19-15-10-6-7-11-16(15)22(17)12-18(23)20-13-8-4-5-9-14(13)21-26(2,24)25/h4-11,21H,3,12H2,1-2H3,(H,20,23). The molecule has 0 saturated carbocycles. The molecule has 3 rings (SSSR count). The molecule has 1 heterocycles. The monoisotopic (exact) mass is 372 g/mol. The predicted molar refractivity (Wildman–Crippen MR) is 103 cm³/mol. The Morgan fingerprint density at radius 1 is 1.08 bits per heavy atom. The van der Waals surface area contributed by atoms with Gasteiger partial charge in [0, 0.05) is 6.42 Å². The Bertz CT molecular complexity index is 1060. The Morgan fingerprint density at radius 2 is 1.73 bits per heavy atom. The van der Waals surface area contributed by atoms with E-state index in [4.69, 9.17) is 0 Å². The van der Waals surface area contributed by atoms with Crippen molar-refractivity contribution in [2.24, 2.45) is 0 Å². The predicted octanol–water partition coefficient (Wildman–Crippen LogP) is 2.61. The first-order valence-corrected chi connectivity index (χ1v) is 10.1. The van der Waals surface area contributed by atoms with E-state index in [1.807, 2.05) is 35.8 Å². The molecular weight excluding hydrogens is 352 g/mol. The number of carbonyl (C=O) groups excluding carboxylic acids is 1. The number of carbonyl (C=O) groups is 1. The molecule has 0 saturated heterocycles. The Hall–Kier alpha value is -2.87. The number of nitrogens with one attached hydrogen (secondary N) is 2. The van der Waals surface area contributed by atoms with Crippen molar-refractivity contribution < 1.29 is 13.2 Å². The van der Waals surface area contributed by atoms with Crippen LogP contribution in [0.4, 0.5) is 11.4 Å². The molecule has 1 aromatic heterocycles. The molecule has 1 amide bonds. The van der Waals surface area contributed by atoms with Crippen LogP contribution in [-0.2, 0) is 27.8 Å². The minimum Gasteiger partial charge on any atom is -0.323 e. The molecule has 7 nitrogen and oxygen atoms in total. The number of fused-ring (bicyclic) bond motifs is 1. The van der Waals surface area contributed by atoms with Crippen LogP contribution in [0.5, 0.6) is 0 Å². The van der Waals surface area contributed by atoms with Gasteiger partial charge in [0.15, 0.2) is 0 Å². The van der Waals surface area contributed by atoms with Gasteiger partial charge in [-0.25, -0.2) is 13.4 Å². The van der Waals surface area contributed by atoms with Crippen molar-refractivity contribution in [3.8, 4) is 0 Å². The van der Waals surface area contributed by atoms with Gasteiger partial charge in [0.25, 0.3) is 0 Å². The van der Waals surface area contributed by atoms with E-state index in [-0.39, 0.29) is 12.5 Å². The summed E-state index contributed by atoms with van der Waals surface area (Å²) in [4.78, 5) is 17.1. The number of para-hydroxylation sites is 4. The van der Waals surface area contributed by atoms with E-state index in [0.717, 1.165) is 23.1 Å². The van der Waals surface area contributed by atoms with E-state index in [1.165, 1.54) is 0 Å². The first kappa shape index (κ1) is 17.9. The van der Waals surface area contributed by atoms with Gasteiger partial charge < -0.3 is 9.88 Å². The Balaban J connectivity index is 1.85. The second kappa shape index (κ2) is 7.17. The number of hydrogen-bond donors (Lipinski definition) is 2. The lowest BCUT2D eigenvalue weighted by atomic mass is 10.2. The van der Waals surface area contributed by atoms with Crippen LogP contribution in [0.15, 0.2) is 48.5 Å².